The van der Waals surface area contributed by atoms with E-state index in [2.05, 4.69) is 0 Å². The van der Waals surface area contributed by atoms with E-state index in [1.165, 1.54) is 4.57 Å². The van der Waals surface area contributed by atoms with E-state index in [1.807, 2.05) is 0 Å². The Hall–Kier alpha value is -2.49. The summed E-state index contributed by atoms with van der Waals surface area (Å²) in [6.07, 6.45) is 2.37. The first-order valence-corrected chi connectivity index (χ1v) is 5.71. The molecule has 0 spiro atoms. The number of benzene rings is 2. The van der Waals surface area contributed by atoms with Crippen molar-refractivity contribution in [2.24, 2.45) is 0 Å². The smallest absolute Gasteiger partial charge is 0.150 e. The molecule has 3 aromatic rings. The van der Waals surface area contributed by atoms with Gasteiger partial charge in [0.05, 0.1) is 11.2 Å². The molecule has 94 valence electrons. The van der Waals surface area contributed by atoms with Gasteiger partial charge in [-0.2, -0.15) is 0 Å². The average molecular weight is 257 g/mol. The monoisotopic (exact) mass is 257 g/mol. The van der Waals surface area contributed by atoms with E-state index in [0.717, 1.165) is 29.9 Å². The van der Waals surface area contributed by atoms with Gasteiger partial charge in [0, 0.05) is 17.8 Å². The van der Waals surface area contributed by atoms with Gasteiger partial charge in [-0.15, -0.1) is 0 Å². The Kier molecular flexibility index (Phi) is 2.63. The van der Waals surface area contributed by atoms with Crippen LogP contribution >= 0.6 is 0 Å². The number of hydrogen-bond donors (Lipinski definition) is 0. The molecule has 1 heterocycles. The fraction of sp³-hybridized carbons (Fsp3) is 0. The summed E-state index contributed by atoms with van der Waals surface area (Å²) in [6, 6.07) is 10.2. The van der Waals surface area contributed by atoms with Gasteiger partial charge in [0.2, 0.25) is 0 Å². The molecule has 2 aromatic carbocycles. The standard InChI is InChI=1S/C15H9F2NO/c16-12-3-4-13(17)15(8-12)18-6-5-11-2-1-10(9-19)7-14(11)18/h1-9H. The molecule has 0 bridgehead atoms. The number of hydrogen-bond acceptors (Lipinski definition) is 1. The first-order valence-electron chi connectivity index (χ1n) is 5.71. The Labute approximate surface area is 107 Å². The van der Waals surface area contributed by atoms with Crippen LogP contribution in [0.5, 0.6) is 0 Å². The summed E-state index contributed by atoms with van der Waals surface area (Å²) >= 11 is 0. The molecule has 0 unspecified atom stereocenters. The van der Waals surface area contributed by atoms with Crippen molar-refractivity contribution in [1.29, 1.82) is 0 Å². The molecule has 0 aliphatic rings. The predicted octanol–water partition coefficient (Wildman–Crippen LogP) is 3.72. The molecule has 0 aliphatic heterocycles. The molecule has 1 aromatic heterocycles. The van der Waals surface area contributed by atoms with Gasteiger partial charge in [-0.25, -0.2) is 8.78 Å². The van der Waals surface area contributed by atoms with Crippen molar-refractivity contribution in [3.05, 3.63) is 65.9 Å². The zero-order valence-corrected chi connectivity index (χ0v) is 9.81. The summed E-state index contributed by atoms with van der Waals surface area (Å²) in [5.74, 6) is -1.03. The highest BCUT2D eigenvalue weighted by molar-refractivity contribution is 5.88. The molecule has 0 radical (unpaired) electrons. The molecule has 0 fully saturated rings. The van der Waals surface area contributed by atoms with Gasteiger partial charge in [0.25, 0.3) is 0 Å². The highest BCUT2D eigenvalue weighted by Crippen LogP contribution is 2.23. The predicted molar refractivity (Wildman–Crippen MR) is 68.6 cm³/mol. The highest BCUT2D eigenvalue weighted by Gasteiger charge is 2.09. The van der Waals surface area contributed by atoms with Crippen LogP contribution < -0.4 is 0 Å². The van der Waals surface area contributed by atoms with Crippen LogP contribution in [0.3, 0.4) is 0 Å². The average Bonchev–Trinajstić information content (AvgIpc) is 2.84. The minimum absolute atomic E-state index is 0.123. The van der Waals surface area contributed by atoms with Gasteiger partial charge in [-0.1, -0.05) is 12.1 Å². The minimum atomic E-state index is -0.518. The zero-order chi connectivity index (χ0) is 13.4. The Morgan fingerprint density at radius 2 is 1.84 bits per heavy atom. The highest BCUT2D eigenvalue weighted by atomic mass is 19.1. The maximum Gasteiger partial charge on any atom is 0.150 e. The van der Waals surface area contributed by atoms with Gasteiger partial charge in [-0.3, -0.25) is 4.79 Å². The Morgan fingerprint density at radius 1 is 1.00 bits per heavy atom. The minimum Gasteiger partial charge on any atom is -0.314 e. The van der Waals surface area contributed by atoms with Crippen LogP contribution in [-0.4, -0.2) is 10.9 Å². The molecule has 0 saturated heterocycles. The van der Waals surface area contributed by atoms with Crippen LogP contribution in [-0.2, 0) is 0 Å². The molecule has 0 amide bonds. The first kappa shape index (κ1) is 11.6. The topological polar surface area (TPSA) is 22.0 Å². The van der Waals surface area contributed by atoms with E-state index in [0.29, 0.717) is 11.1 Å². The number of rotatable bonds is 2. The van der Waals surface area contributed by atoms with Crippen LogP contribution in [0.1, 0.15) is 10.4 Å². The molecule has 2 nitrogen and oxygen atoms in total. The van der Waals surface area contributed by atoms with Crippen LogP contribution in [0.2, 0.25) is 0 Å². The van der Waals surface area contributed by atoms with Crippen LogP contribution in [0, 0.1) is 11.6 Å². The summed E-state index contributed by atoms with van der Waals surface area (Å²) in [6.45, 7) is 0. The number of aromatic nitrogens is 1. The molecule has 4 heteroatoms. The maximum absolute atomic E-state index is 13.8. The summed E-state index contributed by atoms with van der Waals surface area (Å²) < 4.78 is 28.6. The molecule has 19 heavy (non-hydrogen) atoms. The summed E-state index contributed by atoms with van der Waals surface area (Å²) in [7, 11) is 0. The number of aldehydes is 1. The number of fused-ring (bicyclic) bond motifs is 1. The first-order chi connectivity index (χ1) is 9.19. The fourth-order valence-electron chi connectivity index (χ4n) is 2.10. The lowest BCUT2D eigenvalue weighted by Gasteiger charge is -2.07. The summed E-state index contributed by atoms with van der Waals surface area (Å²) in [5.41, 5.74) is 1.27. The molecular weight excluding hydrogens is 248 g/mol. The lowest BCUT2D eigenvalue weighted by Crippen LogP contribution is -1.97. The van der Waals surface area contributed by atoms with Gasteiger partial charge < -0.3 is 4.57 Å². The summed E-state index contributed by atoms with van der Waals surface area (Å²) in [5, 5.41) is 0.856. The molecular formula is C15H9F2NO. The van der Waals surface area contributed by atoms with Crippen molar-refractivity contribution in [3.8, 4) is 5.69 Å². The fourth-order valence-corrected chi connectivity index (χ4v) is 2.10. The van der Waals surface area contributed by atoms with E-state index < -0.39 is 11.6 Å². The van der Waals surface area contributed by atoms with Crippen molar-refractivity contribution in [3.63, 3.8) is 0 Å². The van der Waals surface area contributed by atoms with E-state index in [-0.39, 0.29) is 5.69 Å². The normalized spacial score (nSPS) is 10.8. The third-order valence-electron chi connectivity index (χ3n) is 3.02. The quantitative estimate of drug-likeness (QED) is 0.641. The van der Waals surface area contributed by atoms with Crippen LogP contribution in [0.25, 0.3) is 16.6 Å². The third-order valence-corrected chi connectivity index (χ3v) is 3.02. The number of halogens is 2. The molecule has 0 N–H and O–H groups in total. The van der Waals surface area contributed by atoms with Crippen LogP contribution in [0.15, 0.2) is 48.7 Å². The molecule has 0 saturated carbocycles. The van der Waals surface area contributed by atoms with Gasteiger partial charge in [-0.05, 0) is 29.7 Å². The lowest BCUT2D eigenvalue weighted by molar-refractivity contribution is 0.112. The van der Waals surface area contributed by atoms with Gasteiger partial charge in [0.1, 0.15) is 17.9 Å². The van der Waals surface area contributed by atoms with E-state index in [4.69, 9.17) is 0 Å². The van der Waals surface area contributed by atoms with Crippen molar-refractivity contribution in [1.82, 2.24) is 4.57 Å². The molecule has 0 atom stereocenters. The number of nitrogens with zero attached hydrogens (tertiary/aromatic N) is 1. The zero-order valence-electron chi connectivity index (χ0n) is 9.81. The largest absolute Gasteiger partial charge is 0.314 e. The Bertz CT molecular complexity index is 777. The molecule has 0 aliphatic carbocycles. The van der Waals surface area contributed by atoms with E-state index >= 15 is 0 Å². The Balaban J connectivity index is 2.30. The summed E-state index contributed by atoms with van der Waals surface area (Å²) in [4.78, 5) is 10.8. The van der Waals surface area contributed by atoms with E-state index in [1.54, 1.807) is 30.5 Å². The van der Waals surface area contributed by atoms with Gasteiger partial charge >= 0.3 is 0 Å². The van der Waals surface area contributed by atoms with Crippen LogP contribution in [0.4, 0.5) is 8.78 Å². The Morgan fingerprint density at radius 3 is 2.63 bits per heavy atom. The SMILES string of the molecule is O=Cc1ccc2ccn(-c3cc(F)ccc3F)c2c1. The number of carbonyl (C=O) groups is 1. The number of carbonyl (C=O) groups excluding carboxylic acids is 1. The second-order valence-corrected chi connectivity index (χ2v) is 4.22. The second-order valence-electron chi connectivity index (χ2n) is 4.22. The lowest BCUT2D eigenvalue weighted by atomic mass is 10.2. The van der Waals surface area contributed by atoms with E-state index in [9.17, 15) is 13.6 Å². The second kappa shape index (κ2) is 4.31. The third kappa shape index (κ3) is 1.91. The molecule has 3 rings (SSSR count). The van der Waals surface area contributed by atoms with Crippen molar-refractivity contribution < 1.29 is 13.6 Å². The van der Waals surface area contributed by atoms with Crippen molar-refractivity contribution in [2.75, 3.05) is 0 Å². The van der Waals surface area contributed by atoms with Gasteiger partial charge in [0.15, 0.2) is 0 Å². The maximum atomic E-state index is 13.8. The van der Waals surface area contributed by atoms with Crippen molar-refractivity contribution >= 4 is 17.2 Å². The van der Waals surface area contributed by atoms with Crippen molar-refractivity contribution in [2.45, 2.75) is 0 Å².